The molecule has 0 spiro atoms. The molecule has 0 radical (unpaired) electrons. The first-order valence-corrected chi connectivity index (χ1v) is 5.72. The minimum absolute atomic E-state index is 0.0268. The fourth-order valence-electron chi connectivity index (χ4n) is 1.74. The van der Waals surface area contributed by atoms with Gasteiger partial charge in [0.15, 0.2) is 0 Å². The number of carboxylic acids is 1. The zero-order chi connectivity index (χ0) is 15.1. The third-order valence-electron chi connectivity index (χ3n) is 2.63. The van der Waals surface area contributed by atoms with Crippen LogP contribution in [0.2, 0.25) is 5.02 Å². The molecule has 1 N–H and O–H groups in total. The van der Waals surface area contributed by atoms with Crippen molar-refractivity contribution in [3.8, 4) is 11.3 Å². The highest BCUT2D eigenvalue weighted by Crippen LogP contribution is 2.39. The molecule has 0 aliphatic rings. The summed E-state index contributed by atoms with van der Waals surface area (Å²) in [7, 11) is 1.55. The summed E-state index contributed by atoms with van der Waals surface area (Å²) in [5, 5.41) is 12.3. The number of rotatable bonds is 2. The number of halogens is 4. The lowest BCUT2D eigenvalue weighted by atomic mass is 10.0. The minimum atomic E-state index is -4.66. The number of hydrogen-bond acceptors (Lipinski definition) is 2. The summed E-state index contributed by atoms with van der Waals surface area (Å²) in [4.78, 5) is 11.0. The van der Waals surface area contributed by atoms with E-state index in [1.54, 1.807) is 7.05 Å². The SMILES string of the molecule is Cn1ccc(-c2cc(C(=O)O)c(Cl)cc2C(F)(F)F)n1. The first-order chi connectivity index (χ1) is 9.20. The van der Waals surface area contributed by atoms with Gasteiger partial charge in [-0.2, -0.15) is 18.3 Å². The molecule has 0 amide bonds. The maximum Gasteiger partial charge on any atom is 0.417 e. The van der Waals surface area contributed by atoms with Crippen molar-refractivity contribution < 1.29 is 23.1 Å². The van der Waals surface area contributed by atoms with Crippen LogP contribution in [0.5, 0.6) is 0 Å². The van der Waals surface area contributed by atoms with E-state index >= 15 is 0 Å². The maximum absolute atomic E-state index is 13.0. The van der Waals surface area contributed by atoms with Crippen molar-refractivity contribution in [3.05, 3.63) is 40.5 Å². The lowest BCUT2D eigenvalue weighted by Crippen LogP contribution is -2.10. The Balaban J connectivity index is 2.75. The van der Waals surface area contributed by atoms with Gasteiger partial charge < -0.3 is 5.11 Å². The van der Waals surface area contributed by atoms with E-state index in [0.717, 1.165) is 6.07 Å². The van der Waals surface area contributed by atoms with E-state index in [1.807, 2.05) is 0 Å². The Morgan fingerprint density at radius 1 is 1.40 bits per heavy atom. The lowest BCUT2D eigenvalue weighted by molar-refractivity contribution is -0.137. The number of aromatic carboxylic acids is 1. The minimum Gasteiger partial charge on any atom is -0.478 e. The topological polar surface area (TPSA) is 55.1 Å². The summed E-state index contributed by atoms with van der Waals surface area (Å²) < 4.78 is 40.4. The van der Waals surface area contributed by atoms with Crippen LogP contribution in [0.4, 0.5) is 13.2 Å². The molecule has 1 aromatic carbocycles. The van der Waals surface area contributed by atoms with Crippen LogP contribution in [0.15, 0.2) is 24.4 Å². The number of hydrogen-bond donors (Lipinski definition) is 1. The van der Waals surface area contributed by atoms with Crippen LogP contribution in [0, 0.1) is 0 Å². The Morgan fingerprint density at radius 3 is 2.50 bits per heavy atom. The Hall–Kier alpha value is -2.02. The van der Waals surface area contributed by atoms with Gasteiger partial charge in [-0.15, -0.1) is 0 Å². The number of aryl methyl sites for hydroxylation is 1. The summed E-state index contributed by atoms with van der Waals surface area (Å²) in [6, 6.07) is 2.86. The Morgan fingerprint density at radius 2 is 2.05 bits per heavy atom. The van der Waals surface area contributed by atoms with Crippen molar-refractivity contribution in [1.82, 2.24) is 9.78 Å². The molecule has 106 valence electrons. The molecule has 2 rings (SSSR count). The monoisotopic (exact) mass is 304 g/mol. The van der Waals surface area contributed by atoms with Crippen molar-refractivity contribution in [2.24, 2.45) is 7.05 Å². The quantitative estimate of drug-likeness (QED) is 0.924. The Kier molecular flexibility index (Phi) is 3.47. The fourth-order valence-corrected chi connectivity index (χ4v) is 1.99. The molecule has 0 aliphatic carbocycles. The van der Waals surface area contributed by atoms with Gasteiger partial charge in [0.05, 0.1) is 21.8 Å². The van der Waals surface area contributed by atoms with Gasteiger partial charge in [-0.1, -0.05) is 11.6 Å². The second kappa shape index (κ2) is 4.82. The molecule has 8 heteroatoms. The number of carboxylic acid groups (broad SMARTS) is 1. The zero-order valence-corrected chi connectivity index (χ0v) is 10.8. The van der Waals surface area contributed by atoms with E-state index in [1.165, 1.54) is 16.9 Å². The summed E-state index contributed by atoms with van der Waals surface area (Å²) in [5.74, 6) is -1.40. The van der Waals surface area contributed by atoms with Crippen LogP contribution in [0.25, 0.3) is 11.3 Å². The van der Waals surface area contributed by atoms with Gasteiger partial charge in [-0.25, -0.2) is 4.79 Å². The van der Waals surface area contributed by atoms with E-state index in [-0.39, 0.29) is 11.3 Å². The molecule has 1 aromatic heterocycles. The second-order valence-corrected chi connectivity index (χ2v) is 4.46. The Labute approximate surface area is 116 Å². The van der Waals surface area contributed by atoms with E-state index in [9.17, 15) is 18.0 Å². The third-order valence-corrected chi connectivity index (χ3v) is 2.95. The van der Waals surface area contributed by atoms with Crippen molar-refractivity contribution in [3.63, 3.8) is 0 Å². The average Bonchev–Trinajstić information content (AvgIpc) is 2.73. The van der Waals surface area contributed by atoms with Gasteiger partial charge in [0, 0.05) is 18.8 Å². The highest BCUT2D eigenvalue weighted by molar-refractivity contribution is 6.33. The maximum atomic E-state index is 13.0. The molecule has 4 nitrogen and oxygen atoms in total. The summed E-state index contributed by atoms with van der Waals surface area (Å²) in [6.45, 7) is 0. The van der Waals surface area contributed by atoms with E-state index in [2.05, 4.69) is 5.10 Å². The number of benzene rings is 1. The number of nitrogens with zero attached hydrogens (tertiary/aromatic N) is 2. The molecule has 0 bridgehead atoms. The van der Waals surface area contributed by atoms with Crippen molar-refractivity contribution in [2.45, 2.75) is 6.18 Å². The molecule has 20 heavy (non-hydrogen) atoms. The largest absolute Gasteiger partial charge is 0.478 e. The van der Waals surface area contributed by atoms with Gasteiger partial charge in [-0.05, 0) is 18.2 Å². The molecule has 0 saturated heterocycles. The predicted octanol–water partition coefficient (Wildman–Crippen LogP) is 3.46. The van der Waals surface area contributed by atoms with Crippen LogP contribution >= 0.6 is 11.6 Å². The smallest absolute Gasteiger partial charge is 0.417 e. The molecule has 2 aromatic rings. The normalized spacial score (nSPS) is 11.7. The van der Waals surface area contributed by atoms with Crippen LogP contribution in [-0.2, 0) is 13.2 Å². The van der Waals surface area contributed by atoms with E-state index < -0.39 is 28.3 Å². The highest BCUT2D eigenvalue weighted by Gasteiger charge is 2.35. The summed E-state index contributed by atoms with van der Waals surface area (Å²) in [6.07, 6.45) is -3.20. The van der Waals surface area contributed by atoms with Crippen LogP contribution in [0.3, 0.4) is 0 Å². The standard InChI is InChI=1S/C12H8ClF3N2O2/c1-18-3-2-10(17-18)6-4-7(11(19)20)9(13)5-8(6)12(14,15)16/h2-5H,1H3,(H,19,20). The van der Waals surface area contributed by atoms with Gasteiger partial charge in [0.25, 0.3) is 0 Å². The fraction of sp³-hybridized carbons (Fsp3) is 0.167. The highest BCUT2D eigenvalue weighted by atomic mass is 35.5. The summed E-state index contributed by atoms with van der Waals surface area (Å²) in [5.41, 5.74) is -1.72. The Bertz CT molecular complexity index is 680. The molecule has 1 heterocycles. The second-order valence-electron chi connectivity index (χ2n) is 4.06. The summed E-state index contributed by atoms with van der Waals surface area (Å²) >= 11 is 5.59. The van der Waals surface area contributed by atoms with Crippen molar-refractivity contribution >= 4 is 17.6 Å². The molecule has 0 fully saturated rings. The zero-order valence-electron chi connectivity index (χ0n) is 10.1. The first kappa shape index (κ1) is 14.4. The molecular weight excluding hydrogens is 297 g/mol. The number of alkyl halides is 3. The van der Waals surface area contributed by atoms with Gasteiger partial charge in [0.2, 0.25) is 0 Å². The van der Waals surface area contributed by atoms with Crippen LogP contribution in [-0.4, -0.2) is 20.9 Å². The van der Waals surface area contributed by atoms with Crippen molar-refractivity contribution in [1.29, 1.82) is 0 Å². The third kappa shape index (κ3) is 2.62. The van der Waals surface area contributed by atoms with Gasteiger partial charge >= 0.3 is 12.1 Å². The van der Waals surface area contributed by atoms with E-state index in [0.29, 0.717) is 6.07 Å². The van der Waals surface area contributed by atoms with Gasteiger partial charge in [0.1, 0.15) is 0 Å². The molecule has 0 atom stereocenters. The molecule has 0 saturated carbocycles. The molecular formula is C12H8ClF3N2O2. The molecule has 0 aliphatic heterocycles. The van der Waals surface area contributed by atoms with E-state index in [4.69, 9.17) is 16.7 Å². The first-order valence-electron chi connectivity index (χ1n) is 5.34. The van der Waals surface area contributed by atoms with Gasteiger partial charge in [-0.3, -0.25) is 4.68 Å². The van der Waals surface area contributed by atoms with Crippen LogP contribution < -0.4 is 0 Å². The van der Waals surface area contributed by atoms with Crippen molar-refractivity contribution in [2.75, 3.05) is 0 Å². The number of aromatic nitrogens is 2. The average molecular weight is 305 g/mol. The predicted molar refractivity (Wildman–Crippen MR) is 65.6 cm³/mol. The van der Waals surface area contributed by atoms with Crippen LogP contribution in [0.1, 0.15) is 15.9 Å². The molecule has 0 unspecified atom stereocenters. The lowest BCUT2D eigenvalue weighted by Gasteiger charge is -2.13. The number of carbonyl (C=O) groups is 1.